The van der Waals surface area contributed by atoms with Gasteiger partial charge in [-0.2, -0.15) is 0 Å². The molecule has 3 nitrogen and oxygen atoms in total. The summed E-state index contributed by atoms with van der Waals surface area (Å²) < 4.78 is 5.70. The van der Waals surface area contributed by atoms with Crippen LogP contribution in [0.1, 0.15) is 10.4 Å². The molecule has 0 spiro atoms. The Bertz CT molecular complexity index is 264. The first-order chi connectivity index (χ1) is 6.34. The van der Waals surface area contributed by atoms with Crippen molar-refractivity contribution >= 4 is 27.5 Å². The molecule has 0 atom stereocenters. The zero-order valence-corrected chi connectivity index (χ0v) is 10.3. The molecule has 0 fully saturated rings. The topological polar surface area (TPSA) is 38.3 Å². The van der Waals surface area contributed by atoms with Gasteiger partial charge in [-0.15, -0.1) is 0 Å². The number of benzene rings is 1. The Morgan fingerprint density at radius 3 is 2.77 bits per heavy atom. The molecular formula is C9H11NO2Sn. The van der Waals surface area contributed by atoms with Crippen LogP contribution in [0.15, 0.2) is 30.3 Å². The zero-order chi connectivity index (χ0) is 9.52. The van der Waals surface area contributed by atoms with E-state index < -0.39 is 21.6 Å². The van der Waals surface area contributed by atoms with Gasteiger partial charge in [-0.05, 0) is 0 Å². The van der Waals surface area contributed by atoms with Crippen molar-refractivity contribution in [3.8, 4) is 0 Å². The van der Waals surface area contributed by atoms with E-state index in [2.05, 4.69) is 5.32 Å². The summed E-state index contributed by atoms with van der Waals surface area (Å²) in [6.07, 6.45) is 0. The summed E-state index contributed by atoms with van der Waals surface area (Å²) in [6.45, 7) is 0. The van der Waals surface area contributed by atoms with E-state index in [1.54, 1.807) is 19.2 Å². The molecule has 1 amide bonds. The molecule has 0 aliphatic heterocycles. The van der Waals surface area contributed by atoms with Crippen LogP contribution in [0.5, 0.6) is 0 Å². The van der Waals surface area contributed by atoms with Crippen molar-refractivity contribution in [2.75, 3.05) is 11.7 Å². The second-order valence-electron chi connectivity index (χ2n) is 2.40. The van der Waals surface area contributed by atoms with Crippen LogP contribution >= 0.6 is 0 Å². The third kappa shape index (κ3) is 3.78. The van der Waals surface area contributed by atoms with Gasteiger partial charge in [-0.25, -0.2) is 0 Å². The maximum absolute atomic E-state index is 11.4. The number of amides is 1. The molecule has 0 aliphatic carbocycles. The fraction of sp³-hybridized carbons (Fsp3) is 0.222. The monoisotopic (exact) mass is 285 g/mol. The van der Waals surface area contributed by atoms with Crippen molar-refractivity contribution in [3.63, 3.8) is 0 Å². The van der Waals surface area contributed by atoms with Crippen molar-refractivity contribution in [1.82, 2.24) is 5.32 Å². The fourth-order valence-corrected chi connectivity index (χ4v) is 1.96. The van der Waals surface area contributed by atoms with Gasteiger partial charge in [0.25, 0.3) is 0 Å². The average molecular weight is 284 g/mol. The van der Waals surface area contributed by atoms with Crippen LogP contribution in [-0.2, 0) is 3.07 Å². The van der Waals surface area contributed by atoms with Crippen molar-refractivity contribution in [3.05, 3.63) is 35.9 Å². The quantitative estimate of drug-likeness (QED) is 0.651. The molecule has 0 aliphatic rings. The second-order valence-corrected chi connectivity index (χ2v) is 5.40. The van der Waals surface area contributed by atoms with E-state index in [9.17, 15) is 4.79 Å². The molecule has 4 heteroatoms. The minimum absolute atomic E-state index is 0.0152. The average Bonchev–Trinajstić information content (AvgIpc) is 2.19. The summed E-state index contributed by atoms with van der Waals surface area (Å²) in [6, 6.07) is 9.19. The number of carbonyl (C=O) groups is 1. The predicted octanol–water partition coefficient (Wildman–Crippen LogP) is 0.639. The molecule has 0 saturated heterocycles. The number of nitrogens with one attached hydrogen (secondary N) is 1. The Morgan fingerprint density at radius 1 is 1.46 bits per heavy atom. The van der Waals surface area contributed by atoms with E-state index >= 15 is 0 Å². The van der Waals surface area contributed by atoms with Crippen LogP contribution in [0, 0.1) is 0 Å². The van der Waals surface area contributed by atoms with Crippen molar-refractivity contribution in [2.24, 2.45) is 0 Å². The Hall–Kier alpha value is -0.551. The van der Waals surface area contributed by atoms with Gasteiger partial charge < -0.3 is 0 Å². The first-order valence-corrected chi connectivity index (χ1v) is 7.12. The van der Waals surface area contributed by atoms with E-state index in [1.165, 1.54) is 0 Å². The Labute approximate surface area is 88.2 Å². The summed E-state index contributed by atoms with van der Waals surface area (Å²) in [5.41, 5.74) is 0.706. The number of hydrogen-bond donors (Lipinski definition) is 1. The molecule has 2 radical (unpaired) electrons. The molecule has 1 aromatic carbocycles. The molecule has 0 bridgehead atoms. The SMILES string of the molecule is C[O][Sn][CH2]NC(=O)c1ccccc1. The number of hydrogen-bond acceptors (Lipinski definition) is 2. The third-order valence-corrected chi connectivity index (χ3v) is 3.24. The standard InChI is InChI=1S/C8H8NO.CH3O.Sn/c1-9-8(10)7-5-3-2-4-6-7;1-2;/h2-6H,1H2,(H,9,10);1H3;/q;-1;+1. The Morgan fingerprint density at radius 2 is 2.15 bits per heavy atom. The van der Waals surface area contributed by atoms with Gasteiger partial charge in [0.2, 0.25) is 0 Å². The summed E-state index contributed by atoms with van der Waals surface area (Å²) >= 11 is -0.804. The van der Waals surface area contributed by atoms with E-state index in [0.29, 0.717) is 10.1 Å². The molecular weight excluding hydrogens is 273 g/mol. The van der Waals surface area contributed by atoms with Crippen molar-refractivity contribution < 1.29 is 7.87 Å². The zero-order valence-electron chi connectivity index (χ0n) is 7.41. The molecule has 68 valence electrons. The van der Waals surface area contributed by atoms with E-state index in [0.717, 1.165) is 0 Å². The third-order valence-electron chi connectivity index (χ3n) is 1.50. The van der Waals surface area contributed by atoms with E-state index in [-0.39, 0.29) is 5.91 Å². The van der Waals surface area contributed by atoms with Crippen molar-refractivity contribution in [2.45, 2.75) is 0 Å². The van der Waals surface area contributed by atoms with Crippen molar-refractivity contribution in [1.29, 1.82) is 0 Å². The van der Waals surface area contributed by atoms with E-state index in [4.69, 9.17) is 3.07 Å². The van der Waals surface area contributed by atoms with Crippen LogP contribution in [0.2, 0.25) is 0 Å². The van der Waals surface area contributed by atoms with Gasteiger partial charge in [0.05, 0.1) is 0 Å². The normalized spacial score (nSPS) is 9.62. The van der Waals surface area contributed by atoms with Crippen LogP contribution < -0.4 is 5.32 Å². The molecule has 0 saturated carbocycles. The van der Waals surface area contributed by atoms with Gasteiger partial charge in [0.1, 0.15) is 0 Å². The van der Waals surface area contributed by atoms with Gasteiger partial charge in [0, 0.05) is 0 Å². The minimum atomic E-state index is -0.804. The van der Waals surface area contributed by atoms with Crippen LogP contribution in [0.25, 0.3) is 0 Å². The molecule has 0 aromatic heterocycles. The van der Waals surface area contributed by atoms with E-state index in [1.807, 2.05) is 18.2 Å². The number of carbonyl (C=O) groups excluding carboxylic acids is 1. The summed E-state index contributed by atoms with van der Waals surface area (Å²) in [7, 11) is 1.68. The first-order valence-electron chi connectivity index (χ1n) is 3.93. The van der Waals surface area contributed by atoms with Crippen LogP contribution in [-0.4, -0.2) is 39.1 Å². The number of rotatable bonds is 4. The van der Waals surface area contributed by atoms with Gasteiger partial charge in [0.15, 0.2) is 0 Å². The molecule has 13 heavy (non-hydrogen) atoms. The summed E-state index contributed by atoms with van der Waals surface area (Å²) in [5, 5.41) is 2.81. The van der Waals surface area contributed by atoms with Crippen LogP contribution in [0.4, 0.5) is 0 Å². The first kappa shape index (κ1) is 10.5. The summed E-state index contributed by atoms with van der Waals surface area (Å²) in [5.74, 6) is -0.0152. The molecule has 1 rings (SSSR count). The van der Waals surface area contributed by atoms with Crippen LogP contribution in [0.3, 0.4) is 0 Å². The Kier molecular flexibility index (Phi) is 4.85. The fourth-order valence-electron chi connectivity index (χ4n) is 0.880. The summed E-state index contributed by atoms with van der Waals surface area (Å²) in [4.78, 5) is 11.4. The second kappa shape index (κ2) is 5.99. The van der Waals surface area contributed by atoms with Gasteiger partial charge in [-0.1, -0.05) is 0 Å². The van der Waals surface area contributed by atoms with Gasteiger partial charge in [-0.3, -0.25) is 0 Å². The Balaban J connectivity index is 2.40. The molecule has 1 aromatic rings. The maximum atomic E-state index is 11.4. The molecule has 0 unspecified atom stereocenters. The molecule has 1 N–H and O–H groups in total. The predicted molar refractivity (Wildman–Crippen MR) is 51.5 cm³/mol. The van der Waals surface area contributed by atoms with Gasteiger partial charge >= 0.3 is 88.2 Å². The molecule has 0 heterocycles.